The minimum atomic E-state index is -4.85. The van der Waals surface area contributed by atoms with Crippen LogP contribution in [0.15, 0.2) is 39.8 Å². The SMILES string of the molecule is O=C(O)c1sc(Sc2nnnn2Cc2ccccc2)nc1C(F)(F)F. The number of aromatic carboxylic acids is 1. The van der Waals surface area contributed by atoms with E-state index >= 15 is 0 Å². The van der Waals surface area contributed by atoms with Crippen molar-refractivity contribution in [2.45, 2.75) is 22.2 Å². The van der Waals surface area contributed by atoms with Gasteiger partial charge in [-0.05, 0) is 27.8 Å². The number of carboxylic acids is 1. The van der Waals surface area contributed by atoms with Crippen LogP contribution < -0.4 is 0 Å². The van der Waals surface area contributed by atoms with Crippen molar-refractivity contribution in [3.63, 3.8) is 0 Å². The summed E-state index contributed by atoms with van der Waals surface area (Å²) in [5, 5.41) is 20.2. The molecule has 0 aliphatic rings. The lowest BCUT2D eigenvalue weighted by Crippen LogP contribution is -2.11. The third-order valence-electron chi connectivity index (χ3n) is 2.92. The van der Waals surface area contributed by atoms with Crippen molar-refractivity contribution in [2.75, 3.05) is 0 Å². The largest absolute Gasteiger partial charge is 0.477 e. The first kappa shape index (κ1) is 17.4. The number of benzene rings is 1. The molecule has 12 heteroatoms. The summed E-state index contributed by atoms with van der Waals surface area (Å²) < 4.78 is 40.0. The molecule has 0 aliphatic carbocycles. The van der Waals surface area contributed by atoms with Gasteiger partial charge in [-0.2, -0.15) is 13.2 Å². The Morgan fingerprint density at radius 2 is 2.00 bits per heavy atom. The molecule has 7 nitrogen and oxygen atoms in total. The number of halogens is 3. The molecule has 0 atom stereocenters. The van der Waals surface area contributed by atoms with Crippen LogP contribution in [-0.2, 0) is 12.7 Å². The van der Waals surface area contributed by atoms with E-state index in [9.17, 15) is 18.0 Å². The van der Waals surface area contributed by atoms with E-state index in [1.54, 1.807) is 0 Å². The Bertz CT molecular complexity index is 895. The number of carbonyl (C=O) groups is 1. The van der Waals surface area contributed by atoms with E-state index in [0.717, 1.165) is 17.3 Å². The molecule has 0 aliphatic heterocycles. The van der Waals surface area contributed by atoms with Gasteiger partial charge in [0.2, 0.25) is 5.16 Å². The van der Waals surface area contributed by atoms with Gasteiger partial charge in [0.05, 0.1) is 6.54 Å². The molecule has 3 aromatic rings. The normalized spacial score (nSPS) is 11.6. The summed E-state index contributed by atoms with van der Waals surface area (Å²) in [6, 6.07) is 9.22. The molecular weight excluding hydrogens is 379 g/mol. The number of tetrazole rings is 1. The lowest BCUT2D eigenvalue weighted by Gasteiger charge is -2.03. The number of carboxylic acid groups (broad SMARTS) is 1. The number of aromatic nitrogens is 5. The van der Waals surface area contributed by atoms with Gasteiger partial charge in [-0.3, -0.25) is 0 Å². The molecule has 130 valence electrons. The van der Waals surface area contributed by atoms with E-state index in [0.29, 0.717) is 17.9 Å². The monoisotopic (exact) mass is 387 g/mol. The summed E-state index contributed by atoms with van der Waals surface area (Å²) in [4.78, 5) is 13.5. The first-order chi connectivity index (χ1) is 11.8. The number of thiazole rings is 1. The molecule has 0 unspecified atom stereocenters. The van der Waals surface area contributed by atoms with Crippen molar-refractivity contribution in [1.29, 1.82) is 0 Å². The molecule has 0 radical (unpaired) electrons. The minimum absolute atomic E-state index is 0.103. The molecule has 0 spiro atoms. The van der Waals surface area contributed by atoms with Crippen molar-refractivity contribution >= 4 is 29.1 Å². The van der Waals surface area contributed by atoms with Crippen LogP contribution in [0.2, 0.25) is 0 Å². The highest BCUT2D eigenvalue weighted by molar-refractivity contribution is 8.00. The van der Waals surface area contributed by atoms with E-state index < -0.39 is 22.7 Å². The summed E-state index contributed by atoms with van der Waals surface area (Å²) >= 11 is 1.21. The average Bonchev–Trinajstić information content (AvgIpc) is 3.16. The van der Waals surface area contributed by atoms with Crippen molar-refractivity contribution in [1.82, 2.24) is 25.2 Å². The molecule has 0 saturated carbocycles. The molecule has 0 bridgehead atoms. The quantitative estimate of drug-likeness (QED) is 0.719. The van der Waals surface area contributed by atoms with Crippen LogP contribution in [0.5, 0.6) is 0 Å². The average molecular weight is 387 g/mol. The Morgan fingerprint density at radius 1 is 1.28 bits per heavy atom. The molecule has 3 rings (SSSR count). The zero-order valence-electron chi connectivity index (χ0n) is 12.1. The zero-order valence-corrected chi connectivity index (χ0v) is 13.8. The Kier molecular flexibility index (Phi) is 4.72. The summed E-state index contributed by atoms with van der Waals surface area (Å²) in [5.41, 5.74) is -0.521. The predicted octanol–water partition coefficient (Wildman–Crippen LogP) is 3.05. The summed E-state index contributed by atoms with van der Waals surface area (Å²) in [7, 11) is 0. The summed E-state index contributed by atoms with van der Waals surface area (Å²) in [5.74, 6) is -1.68. The highest BCUT2D eigenvalue weighted by atomic mass is 32.2. The van der Waals surface area contributed by atoms with Crippen LogP contribution >= 0.6 is 23.1 Å². The maximum Gasteiger partial charge on any atom is 0.435 e. The summed E-state index contributed by atoms with van der Waals surface area (Å²) in [6.45, 7) is 0.319. The lowest BCUT2D eigenvalue weighted by molar-refractivity contribution is -0.141. The topological polar surface area (TPSA) is 93.8 Å². The van der Waals surface area contributed by atoms with Crippen molar-refractivity contribution < 1.29 is 23.1 Å². The van der Waals surface area contributed by atoms with Gasteiger partial charge in [0.25, 0.3) is 0 Å². The second-order valence-corrected chi connectivity index (χ2v) is 6.88. The molecule has 2 heterocycles. The molecule has 25 heavy (non-hydrogen) atoms. The summed E-state index contributed by atoms with van der Waals surface area (Å²) in [6.07, 6.45) is -4.85. The molecule has 1 aromatic carbocycles. The van der Waals surface area contributed by atoms with Gasteiger partial charge in [0.15, 0.2) is 10.0 Å². The Morgan fingerprint density at radius 3 is 2.60 bits per heavy atom. The first-order valence-corrected chi connectivity index (χ1v) is 8.27. The fraction of sp³-hybridized carbons (Fsp3) is 0.154. The lowest BCUT2D eigenvalue weighted by atomic mass is 10.2. The molecular formula is C13H8F3N5O2S2. The molecule has 0 fully saturated rings. The van der Waals surface area contributed by atoms with Crippen LogP contribution in [0.1, 0.15) is 20.9 Å². The number of hydrogen-bond donors (Lipinski definition) is 1. The highest BCUT2D eigenvalue weighted by Crippen LogP contribution is 2.39. The highest BCUT2D eigenvalue weighted by Gasteiger charge is 2.40. The Hall–Kier alpha value is -2.47. The van der Waals surface area contributed by atoms with Gasteiger partial charge in [-0.1, -0.05) is 41.7 Å². The second kappa shape index (κ2) is 6.80. The maximum atomic E-state index is 12.9. The van der Waals surface area contributed by atoms with Crippen LogP contribution in [0.25, 0.3) is 0 Å². The van der Waals surface area contributed by atoms with Crippen molar-refractivity contribution in [3.8, 4) is 0 Å². The molecule has 0 amide bonds. The van der Waals surface area contributed by atoms with Gasteiger partial charge in [-0.15, -0.1) is 5.10 Å². The standard InChI is InChI=1S/C13H8F3N5O2S2/c14-13(15,16)9-8(10(22)23)24-12(17-9)25-11-18-19-20-21(11)6-7-4-2-1-3-5-7/h1-5H,6H2,(H,22,23). The Balaban J connectivity index is 1.87. The van der Waals surface area contributed by atoms with Crippen molar-refractivity contribution in [2.24, 2.45) is 0 Å². The minimum Gasteiger partial charge on any atom is -0.477 e. The molecule has 0 saturated heterocycles. The third kappa shape index (κ3) is 3.96. The van der Waals surface area contributed by atoms with E-state index in [-0.39, 0.29) is 9.50 Å². The van der Waals surface area contributed by atoms with E-state index in [4.69, 9.17) is 5.11 Å². The zero-order chi connectivity index (χ0) is 18.0. The van der Waals surface area contributed by atoms with Gasteiger partial charge < -0.3 is 5.11 Å². The Labute approximate surface area is 146 Å². The first-order valence-electron chi connectivity index (χ1n) is 6.64. The smallest absolute Gasteiger partial charge is 0.435 e. The van der Waals surface area contributed by atoms with Crippen LogP contribution in [-0.4, -0.2) is 36.3 Å². The van der Waals surface area contributed by atoms with Crippen LogP contribution in [0.4, 0.5) is 13.2 Å². The van der Waals surface area contributed by atoms with E-state index in [1.165, 1.54) is 4.68 Å². The molecule has 1 N–H and O–H groups in total. The van der Waals surface area contributed by atoms with Gasteiger partial charge in [0.1, 0.15) is 4.88 Å². The van der Waals surface area contributed by atoms with Gasteiger partial charge in [-0.25, -0.2) is 14.5 Å². The van der Waals surface area contributed by atoms with Crippen LogP contribution in [0, 0.1) is 0 Å². The molecule has 2 aromatic heterocycles. The fourth-order valence-corrected chi connectivity index (χ4v) is 3.76. The second-order valence-electron chi connectivity index (χ2n) is 4.67. The predicted molar refractivity (Wildman–Crippen MR) is 81.6 cm³/mol. The third-order valence-corrected chi connectivity index (χ3v) is 5.00. The number of rotatable bonds is 5. The van der Waals surface area contributed by atoms with E-state index in [1.807, 2.05) is 30.3 Å². The number of nitrogens with zero attached hydrogens (tertiary/aromatic N) is 5. The van der Waals surface area contributed by atoms with Gasteiger partial charge in [0, 0.05) is 0 Å². The number of hydrogen-bond acceptors (Lipinski definition) is 7. The fourth-order valence-electron chi connectivity index (χ4n) is 1.88. The van der Waals surface area contributed by atoms with Crippen molar-refractivity contribution in [3.05, 3.63) is 46.5 Å². The number of alkyl halides is 3. The van der Waals surface area contributed by atoms with Crippen LogP contribution in [0.3, 0.4) is 0 Å². The maximum absolute atomic E-state index is 12.9. The van der Waals surface area contributed by atoms with E-state index in [2.05, 4.69) is 20.5 Å². The van der Waals surface area contributed by atoms with Gasteiger partial charge >= 0.3 is 12.1 Å².